The fraction of sp³-hybridized carbons (Fsp3) is 0.312. The van der Waals surface area contributed by atoms with Crippen LogP contribution < -0.4 is 10.9 Å². The maximum absolute atomic E-state index is 12.0. The molecule has 0 aliphatic carbocycles. The molecule has 0 fully saturated rings. The van der Waals surface area contributed by atoms with Gasteiger partial charge in [-0.2, -0.15) is 5.10 Å². The summed E-state index contributed by atoms with van der Waals surface area (Å²) in [5.74, 6) is -0.384. The van der Waals surface area contributed by atoms with Crippen LogP contribution in [0.4, 0.5) is 0 Å². The van der Waals surface area contributed by atoms with Crippen LogP contribution in [0.25, 0.3) is 0 Å². The van der Waals surface area contributed by atoms with Gasteiger partial charge in [-0.1, -0.05) is 12.1 Å². The van der Waals surface area contributed by atoms with Gasteiger partial charge in [-0.3, -0.25) is 9.59 Å². The Hall–Kier alpha value is -2.48. The number of carbonyl (C=O) groups excluding carboxylic acids is 1. The number of nitrogens with one attached hydrogen (secondary N) is 2. The zero-order valence-electron chi connectivity index (χ0n) is 13.4. The largest absolute Gasteiger partial charge is 0.350 e. The van der Waals surface area contributed by atoms with Gasteiger partial charge in [0.1, 0.15) is 5.69 Å². The molecule has 0 saturated carbocycles. The molecule has 128 valence electrons. The lowest BCUT2D eigenvalue weighted by molar-refractivity contribution is 0.0948. The molecule has 1 heterocycles. The van der Waals surface area contributed by atoms with E-state index in [0.717, 1.165) is 5.56 Å². The predicted molar refractivity (Wildman–Crippen MR) is 89.7 cm³/mol. The van der Waals surface area contributed by atoms with Crippen LogP contribution in [0, 0.1) is 0 Å². The normalized spacial score (nSPS) is 11.5. The summed E-state index contributed by atoms with van der Waals surface area (Å²) in [7, 11) is -3.27. The van der Waals surface area contributed by atoms with Crippen LogP contribution in [0.15, 0.2) is 46.1 Å². The van der Waals surface area contributed by atoms with E-state index in [1.807, 2.05) is 0 Å². The van der Waals surface area contributed by atoms with Gasteiger partial charge < -0.3 is 5.32 Å². The number of amides is 1. The van der Waals surface area contributed by atoms with Crippen molar-refractivity contribution in [2.24, 2.45) is 0 Å². The number of sulfone groups is 1. The Labute approximate surface area is 140 Å². The Balaban J connectivity index is 1.92. The highest BCUT2D eigenvalue weighted by molar-refractivity contribution is 7.92. The average molecular weight is 349 g/mol. The number of hydrogen-bond acceptors (Lipinski definition) is 5. The molecule has 1 amide bonds. The molecule has 0 unspecified atom stereocenters. The number of H-pyrrole nitrogens is 1. The molecule has 7 nitrogen and oxygen atoms in total. The second-order valence-electron chi connectivity index (χ2n) is 5.55. The first kappa shape index (κ1) is 17.9. The summed E-state index contributed by atoms with van der Waals surface area (Å²) in [5, 5.41) is 8.06. The van der Waals surface area contributed by atoms with Gasteiger partial charge in [0.05, 0.1) is 10.1 Å². The van der Waals surface area contributed by atoms with E-state index in [9.17, 15) is 18.0 Å². The Kier molecular flexibility index (Phi) is 5.50. The first-order valence-corrected chi connectivity index (χ1v) is 9.02. The molecule has 0 saturated heterocycles. The molecule has 1 aromatic heterocycles. The second kappa shape index (κ2) is 7.39. The van der Waals surface area contributed by atoms with Crippen molar-refractivity contribution in [2.75, 3.05) is 6.54 Å². The fourth-order valence-electron chi connectivity index (χ4n) is 2.00. The molecular weight excluding hydrogens is 330 g/mol. The first-order chi connectivity index (χ1) is 11.3. The Morgan fingerprint density at radius 1 is 1.17 bits per heavy atom. The molecule has 2 aromatic rings. The van der Waals surface area contributed by atoms with Crippen molar-refractivity contribution in [3.05, 3.63) is 58.0 Å². The van der Waals surface area contributed by atoms with Crippen molar-refractivity contribution >= 4 is 15.7 Å². The molecule has 0 atom stereocenters. The molecule has 2 N–H and O–H groups in total. The minimum absolute atomic E-state index is 0.132. The third-order valence-electron chi connectivity index (χ3n) is 3.48. The molecule has 8 heteroatoms. The lowest BCUT2D eigenvalue weighted by Gasteiger charge is -2.09. The second-order valence-corrected chi connectivity index (χ2v) is 8.05. The van der Waals surface area contributed by atoms with Crippen molar-refractivity contribution < 1.29 is 13.2 Å². The summed E-state index contributed by atoms with van der Waals surface area (Å²) in [4.78, 5) is 23.0. The SMILES string of the molecule is CC(C)S(=O)(=O)c1ccc(CCNC(=O)c2ccc(=O)[nH]n2)cc1. The molecule has 0 radical (unpaired) electrons. The highest BCUT2D eigenvalue weighted by atomic mass is 32.2. The fourth-order valence-corrected chi connectivity index (χ4v) is 3.06. The minimum Gasteiger partial charge on any atom is -0.350 e. The van der Waals surface area contributed by atoms with Crippen molar-refractivity contribution in [2.45, 2.75) is 30.4 Å². The molecule has 0 aliphatic rings. The summed E-state index contributed by atoms with van der Waals surface area (Å²) in [6.45, 7) is 3.66. The van der Waals surface area contributed by atoms with Crippen LogP contribution in [0.3, 0.4) is 0 Å². The monoisotopic (exact) mass is 349 g/mol. The van der Waals surface area contributed by atoms with E-state index in [0.29, 0.717) is 17.9 Å². The van der Waals surface area contributed by atoms with Gasteiger partial charge >= 0.3 is 0 Å². The Morgan fingerprint density at radius 2 is 1.83 bits per heavy atom. The van der Waals surface area contributed by atoms with Crippen LogP contribution in [-0.4, -0.2) is 36.3 Å². The van der Waals surface area contributed by atoms with Gasteiger partial charge in [0.2, 0.25) is 0 Å². The molecular formula is C16H19N3O4S. The van der Waals surface area contributed by atoms with Crippen LogP contribution in [0.1, 0.15) is 29.9 Å². The first-order valence-electron chi connectivity index (χ1n) is 7.47. The van der Waals surface area contributed by atoms with Gasteiger partial charge in [-0.25, -0.2) is 13.5 Å². The van der Waals surface area contributed by atoms with E-state index in [1.54, 1.807) is 38.1 Å². The summed E-state index contributed by atoms with van der Waals surface area (Å²) >= 11 is 0. The summed E-state index contributed by atoms with van der Waals surface area (Å²) in [5.41, 5.74) is 0.670. The van der Waals surface area contributed by atoms with Crippen LogP contribution in [0.2, 0.25) is 0 Å². The quantitative estimate of drug-likeness (QED) is 0.806. The van der Waals surface area contributed by atoms with Crippen LogP contribution in [0.5, 0.6) is 0 Å². The Morgan fingerprint density at radius 3 is 2.38 bits per heavy atom. The lowest BCUT2D eigenvalue weighted by atomic mass is 10.1. The molecule has 0 aliphatic heterocycles. The molecule has 24 heavy (non-hydrogen) atoms. The van der Waals surface area contributed by atoms with E-state index in [-0.39, 0.29) is 17.2 Å². The van der Waals surface area contributed by atoms with Gasteiger partial charge in [0.25, 0.3) is 11.5 Å². The maximum Gasteiger partial charge on any atom is 0.271 e. The molecule has 1 aromatic carbocycles. The van der Waals surface area contributed by atoms with E-state index in [4.69, 9.17) is 0 Å². The van der Waals surface area contributed by atoms with Crippen LogP contribution in [-0.2, 0) is 16.3 Å². The maximum atomic E-state index is 12.0. The van der Waals surface area contributed by atoms with E-state index < -0.39 is 15.1 Å². The number of hydrogen-bond donors (Lipinski definition) is 2. The third kappa shape index (κ3) is 4.29. The van der Waals surface area contributed by atoms with Gasteiger partial charge in [-0.05, 0) is 44.0 Å². The van der Waals surface area contributed by atoms with Gasteiger partial charge in [0, 0.05) is 12.6 Å². The summed E-state index contributed by atoms with van der Waals surface area (Å²) < 4.78 is 24.1. The zero-order valence-corrected chi connectivity index (χ0v) is 14.3. The van der Waals surface area contributed by atoms with Crippen molar-refractivity contribution in [3.63, 3.8) is 0 Å². The highest BCUT2D eigenvalue weighted by Gasteiger charge is 2.18. The topological polar surface area (TPSA) is 109 Å². The van der Waals surface area contributed by atoms with E-state index >= 15 is 0 Å². The molecule has 0 spiro atoms. The van der Waals surface area contributed by atoms with Crippen LogP contribution >= 0.6 is 0 Å². The summed E-state index contributed by atoms with van der Waals surface area (Å²) in [6, 6.07) is 9.21. The number of carbonyl (C=O) groups is 1. The van der Waals surface area contributed by atoms with Gasteiger partial charge in [-0.15, -0.1) is 0 Å². The van der Waals surface area contributed by atoms with Crippen molar-refractivity contribution in [1.82, 2.24) is 15.5 Å². The number of nitrogens with zero attached hydrogens (tertiary/aromatic N) is 1. The number of aromatic amines is 1. The standard InChI is InChI=1S/C16H19N3O4S/c1-11(2)24(22,23)13-5-3-12(4-6-13)9-10-17-16(21)14-7-8-15(20)19-18-14/h3-8,11H,9-10H2,1-2H3,(H,17,21)(H,19,20). The third-order valence-corrected chi connectivity index (χ3v) is 5.65. The average Bonchev–Trinajstić information content (AvgIpc) is 2.55. The number of benzene rings is 1. The van der Waals surface area contributed by atoms with E-state index in [2.05, 4.69) is 15.5 Å². The van der Waals surface area contributed by atoms with Crippen molar-refractivity contribution in [1.29, 1.82) is 0 Å². The highest BCUT2D eigenvalue weighted by Crippen LogP contribution is 2.16. The Bertz CT molecular complexity index is 850. The minimum atomic E-state index is -3.27. The number of aromatic nitrogens is 2. The lowest BCUT2D eigenvalue weighted by Crippen LogP contribution is -2.27. The smallest absolute Gasteiger partial charge is 0.271 e. The van der Waals surface area contributed by atoms with Crippen molar-refractivity contribution in [3.8, 4) is 0 Å². The van der Waals surface area contributed by atoms with Gasteiger partial charge in [0.15, 0.2) is 9.84 Å². The number of rotatable bonds is 6. The zero-order chi connectivity index (χ0) is 17.7. The predicted octanol–water partition coefficient (Wildman–Crippen LogP) is 0.924. The van der Waals surface area contributed by atoms with E-state index in [1.165, 1.54) is 12.1 Å². The molecule has 0 bridgehead atoms. The molecule has 2 rings (SSSR count). The summed E-state index contributed by atoms with van der Waals surface area (Å²) in [6.07, 6.45) is 0.553.